The van der Waals surface area contributed by atoms with Gasteiger partial charge in [-0.2, -0.15) is 4.98 Å². The lowest BCUT2D eigenvalue weighted by molar-refractivity contribution is 0.328. The van der Waals surface area contributed by atoms with Crippen LogP contribution in [0.25, 0.3) is 0 Å². The van der Waals surface area contributed by atoms with Crippen molar-refractivity contribution >= 4 is 23.1 Å². The van der Waals surface area contributed by atoms with Crippen molar-refractivity contribution in [1.29, 1.82) is 0 Å². The van der Waals surface area contributed by atoms with Gasteiger partial charge < -0.3 is 20.5 Å². The Bertz CT molecular complexity index is 622. The average Bonchev–Trinajstić information content (AvgIpc) is 2.49. The second kappa shape index (κ2) is 6.99. The molecule has 0 saturated heterocycles. The van der Waals surface area contributed by atoms with Crippen LogP contribution in [0.5, 0.6) is 11.6 Å². The molecule has 2 rings (SSSR count). The maximum atomic E-state index is 6.19. The number of nitrogens with one attached hydrogen (secondary N) is 1. The van der Waals surface area contributed by atoms with Gasteiger partial charge >= 0.3 is 0 Å². The Balaban J connectivity index is 2.19. The summed E-state index contributed by atoms with van der Waals surface area (Å²) in [7, 11) is 1.60. The van der Waals surface area contributed by atoms with Crippen molar-refractivity contribution in [2.45, 2.75) is 13.5 Å². The monoisotopic (exact) mass is 308 g/mol. The molecule has 0 spiro atoms. The van der Waals surface area contributed by atoms with Crippen molar-refractivity contribution in [1.82, 2.24) is 9.97 Å². The fourth-order valence-electron chi connectivity index (χ4n) is 1.85. The van der Waals surface area contributed by atoms with Crippen LogP contribution in [-0.2, 0) is 6.54 Å². The molecule has 1 heterocycles. The third-order valence-electron chi connectivity index (χ3n) is 2.86. The highest BCUT2D eigenvalue weighted by Gasteiger charge is 2.11. The van der Waals surface area contributed by atoms with E-state index in [1.54, 1.807) is 13.2 Å². The number of nitrogens with zero attached hydrogens (tertiary/aromatic N) is 2. The molecule has 0 saturated carbocycles. The summed E-state index contributed by atoms with van der Waals surface area (Å²) in [6.07, 6.45) is 1.40. The van der Waals surface area contributed by atoms with Crippen molar-refractivity contribution < 1.29 is 9.47 Å². The first-order valence-electron chi connectivity index (χ1n) is 6.45. The molecule has 0 bridgehead atoms. The highest BCUT2D eigenvalue weighted by molar-refractivity contribution is 6.31. The molecule has 21 heavy (non-hydrogen) atoms. The van der Waals surface area contributed by atoms with E-state index in [4.69, 9.17) is 26.8 Å². The van der Waals surface area contributed by atoms with Gasteiger partial charge in [-0.15, -0.1) is 0 Å². The molecular weight excluding hydrogens is 292 g/mol. The van der Waals surface area contributed by atoms with Crippen LogP contribution in [0.1, 0.15) is 12.5 Å². The summed E-state index contributed by atoms with van der Waals surface area (Å²) in [6, 6.07) is 5.48. The van der Waals surface area contributed by atoms with Gasteiger partial charge in [0, 0.05) is 17.1 Å². The van der Waals surface area contributed by atoms with Crippen LogP contribution in [0, 0.1) is 0 Å². The van der Waals surface area contributed by atoms with E-state index in [0.29, 0.717) is 41.3 Å². The molecule has 0 amide bonds. The quantitative estimate of drug-likeness (QED) is 0.854. The van der Waals surface area contributed by atoms with Gasteiger partial charge in [0.15, 0.2) is 5.82 Å². The maximum absolute atomic E-state index is 6.19. The van der Waals surface area contributed by atoms with E-state index in [1.165, 1.54) is 6.33 Å². The molecule has 0 radical (unpaired) electrons. The summed E-state index contributed by atoms with van der Waals surface area (Å²) in [6.45, 7) is 2.78. The minimum atomic E-state index is 0.362. The number of nitrogens with two attached hydrogens (primary N) is 1. The summed E-state index contributed by atoms with van der Waals surface area (Å²) in [5.41, 5.74) is 7.16. The molecule has 0 aliphatic carbocycles. The number of hydrogen-bond donors (Lipinski definition) is 2. The standard InChI is InChI=1S/C14H17ClN4O2/c1-3-21-14-12(16)13(18-8-19-14)17-7-9-10(15)5-4-6-11(9)20-2/h4-6,8H,3,7,16H2,1-2H3,(H,17,18,19). The molecule has 0 aliphatic heterocycles. The van der Waals surface area contributed by atoms with E-state index in [9.17, 15) is 0 Å². The number of nitrogen functional groups attached to an aromatic ring is 1. The van der Waals surface area contributed by atoms with E-state index in [0.717, 1.165) is 5.56 Å². The molecular formula is C14H17ClN4O2. The third kappa shape index (κ3) is 3.46. The van der Waals surface area contributed by atoms with Crippen LogP contribution >= 0.6 is 11.6 Å². The Kier molecular flexibility index (Phi) is 5.05. The van der Waals surface area contributed by atoms with Gasteiger partial charge in [-0.3, -0.25) is 0 Å². The highest BCUT2D eigenvalue weighted by atomic mass is 35.5. The SMILES string of the molecule is CCOc1ncnc(NCc2c(Cl)cccc2OC)c1N. The van der Waals surface area contributed by atoms with Crippen LogP contribution < -0.4 is 20.5 Å². The molecule has 112 valence electrons. The van der Waals surface area contributed by atoms with Crippen LogP contribution in [0.2, 0.25) is 5.02 Å². The van der Waals surface area contributed by atoms with Gasteiger partial charge in [-0.25, -0.2) is 4.98 Å². The maximum Gasteiger partial charge on any atom is 0.242 e. The summed E-state index contributed by atoms with van der Waals surface area (Å²) in [4.78, 5) is 8.10. The normalized spacial score (nSPS) is 10.2. The predicted molar refractivity (Wildman–Crippen MR) is 82.9 cm³/mol. The van der Waals surface area contributed by atoms with Crippen LogP contribution in [-0.4, -0.2) is 23.7 Å². The first kappa shape index (κ1) is 15.2. The summed E-state index contributed by atoms with van der Waals surface area (Å²) >= 11 is 6.19. The van der Waals surface area contributed by atoms with Gasteiger partial charge in [0.2, 0.25) is 5.88 Å². The number of hydrogen-bond acceptors (Lipinski definition) is 6. The number of methoxy groups -OCH3 is 1. The van der Waals surface area contributed by atoms with Gasteiger partial charge in [-0.05, 0) is 19.1 Å². The molecule has 1 aromatic heterocycles. The molecule has 0 unspecified atom stereocenters. The Morgan fingerprint density at radius 2 is 2.14 bits per heavy atom. The average molecular weight is 309 g/mol. The lowest BCUT2D eigenvalue weighted by atomic mass is 10.2. The summed E-state index contributed by atoms with van der Waals surface area (Å²) < 4.78 is 10.6. The zero-order valence-corrected chi connectivity index (χ0v) is 12.6. The van der Waals surface area contributed by atoms with E-state index < -0.39 is 0 Å². The van der Waals surface area contributed by atoms with E-state index in [1.807, 2.05) is 19.1 Å². The second-order valence-electron chi connectivity index (χ2n) is 4.15. The van der Waals surface area contributed by atoms with E-state index >= 15 is 0 Å². The zero-order valence-electron chi connectivity index (χ0n) is 11.9. The van der Waals surface area contributed by atoms with Crippen LogP contribution in [0.15, 0.2) is 24.5 Å². The largest absolute Gasteiger partial charge is 0.496 e. The van der Waals surface area contributed by atoms with Crippen molar-refractivity contribution in [3.05, 3.63) is 35.1 Å². The Morgan fingerprint density at radius 1 is 1.33 bits per heavy atom. The Labute approximate surface area is 128 Å². The number of rotatable bonds is 6. The molecule has 2 aromatic rings. The number of halogens is 1. The number of ether oxygens (including phenoxy) is 2. The number of benzene rings is 1. The van der Waals surface area contributed by atoms with Crippen LogP contribution in [0.3, 0.4) is 0 Å². The van der Waals surface area contributed by atoms with Crippen molar-refractivity contribution in [2.24, 2.45) is 0 Å². The summed E-state index contributed by atoms with van der Waals surface area (Å²) in [5, 5.41) is 3.73. The first-order valence-corrected chi connectivity index (χ1v) is 6.83. The molecule has 3 N–H and O–H groups in total. The smallest absolute Gasteiger partial charge is 0.242 e. The topological polar surface area (TPSA) is 82.3 Å². The minimum Gasteiger partial charge on any atom is -0.496 e. The fraction of sp³-hybridized carbons (Fsp3) is 0.286. The number of anilines is 2. The fourth-order valence-corrected chi connectivity index (χ4v) is 2.08. The molecule has 0 fully saturated rings. The van der Waals surface area contributed by atoms with Gasteiger partial charge in [0.25, 0.3) is 0 Å². The predicted octanol–water partition coefficient (Wildman–Crippen LogP) is 2.73. The van der Waals surface area contributed by atoms with Crippen molar-refractivity contribution in [2.75, 3.05) is 24.8 Å². The molecule has 7 heteroatoms. The van der Waals surface area contributed by atoms with Crippen molar-refractivity contribution in [3.63, 3.8) is 0 Å². The summed E-state index contributed by atoms with van der Waals surface area (Å²) in [5.74, 6) is 1.56. The highest BCUT2D eigenvalue weighted by Crippen LogP contribution is 2.29. The van der Waals surface area contributed by atoms with Gasteiger partial charge in [-0.1, -0.05) is 17.7 Å². The number of aromatic nitrogens is 2. The lowest BCUT2D eigenvalue weighted by Gasteiger charge is -2.13. The van der Waals surface area contributed by atoms with E-state index in [-0.39, 0.29) is 0 Å². The van der Waals surface area contributed by atoms with Gasteiger partial charge in [0.05, 0.1) is 13.7 Å². The van der Waals surface area contributed by atoms with Gasteiger partial charge in [0.1, 0.15) is 17.8 Å². The minimum absolute atomic E-state index is 0.362. The lowest BCUT2D eigenvalue weighted by Crippen LogP contribution is -2.08. The molecule has 1 aromatic carbocycles. The molecule has 0 atom stereocenters. The Hall–Kier alpha value is -2.21. The van der Waals surface area contributed by atoms with Crippen LogP contribution in [0.4, 0.5) is 11.5 Å². The third-order valence-corrected chi connectivity index (χ3v) is 3.21. The molecule has 6 nitrogen and oxygen atoms in total. The molecule has 0 aliphatic rings. The Morgan fingerprint density at radius 3 is 2.86 bits per heavy atom. The second-order valence-corrected chi connectivity index (χ2v) is 4.56. The first-order chi connectivity index (χ1) is 10.2. The van der Waals surface area contributed by atoms with Crippen molar-refractivity contribution in [3.8, 4) is 11.6 Å². The van der Waals surface area contributed by atoms with E-state index in [2.05, 4.69) is 15.3 Å². The zero-order chi connectivity index (χ0) is 15.2.